The van der Waals surface area contributed by atoms with Crippen LogP contribution in [0.3, 0.4) is 0 Å². The van der Waals surface area contributed by atoms with Crippen molar-refractivity contribution in [1.82, 2.24) is 10.3 Å². The summed E-state index contributed by atoms with van der Waals surface area (Å²) < 4.78 is 5.53. The van der Waals surface area contributed by atoms with Gasteiger partial charge >= 0.3 is 0 Å². The first kappa shape index (κ1) is 13.0. The molecule has 1 aliphatic carbocycles. The maximum atomic E-state index is 5.53. The Morgan fingerprint density at radius 1 is 1.59 bits per heavy atom. The molecule has 1 fully saturated rings. The fourth-order valence-corrected chi connectivity index (χ4v) is 2.84. The van der Waals surface area contributed by atoms with Crippen LogP contribution in [0, 0.1) is 0 Å². The molecule has 0 aliphatic heterocycles. The molecule has 0 radical (unpaired) electrons. The molecule has 0 unspecified atom stereocenters. The van der Waals surface area contributed by atoms with Crippen molar-refractivity contribution in [1.29, 1.82) is 0 Å². The van der Waals surface area contributed by atoms with Crippen molar-refractivity contribution in [2.45, 2.75) is 44.9 Å². The third-order valence-electron chi connectivity index (χ3n) is 3.03. The van der Waals surface area contributed by atoms with Gasteiger partial charge in [0, 0.05) is 31.0 Å². The van der Waals surface area contributed by atoms with Gasteiger partial charge in [-0.2, -0.15) is 0 Å². The van der Waals surface area contributed by atoms with Crippen molar-refractivity contribution in [3.63, 3.8) is 0 Å². The minimum Gasteiger partial charge on any atom is -0.378 e. The van der Waals surface area contributed by atoms with Gasteiger partial charge in [-0.05, 0) is 26.3 Å². The molecule has 0 spiro atoms. The third-order valence-corrected chi connectivity index (χ3v) is 3.98. The van der Waals surface area contributed by atoms with Crippen molar-refractivity contribution in [3.05, 3.63) is 16.1 Å². The summed E-state index contributed by atoms with van der Waals surface area (Å²) in [5, 5.41) is 6.78. The van der Waals surface area contributed by atoms with E-state index in [9.17, 15) is 0 Å². The number of hydrogen-bond donors (Lipinski definition) is 2. The van der Waals surface area contributed by atoms with Crippen LogP contribution in [0.5, 0.6) is 0 Å². The number of nitrogens with one attached hydrogen (secondary N) is 1. The van der Waals surface area contributed by atoms with Gasteiger partial charge in [0.25, 0.3) is 0 Å². The summed E-state index contributed by atoms with van der Waals surface area (Å²) >= 11 is 1.70. The van der Waals surface area contributed by atoms with Crippen LogP contribution < -0.4 is 11.1 Å². The molecule has 1 saturated carbocycles. The van der Waals surface area contributed by atoms with Gasteiger partial charge in [-0.25, -0.2) is 4.98 Å². The largest absolute Gasteiger partial charge is 0.378 e. The lowest BCUT2D eigenvalue weighted by atomic mass is 9.89. The molecule has 1 aliphatic rings. The summed E-state index contributed by atoms with van der Waals surface area (Å²) in [7, 11) is 0. The van der Waals surface area contributed by atoms with E-state index in [0.717, 1.165) is 43.1 Å². The molecule has 1 heterocycles. The summed E-state index contributed by atoms with van der Waals surface area (Å²) in [4.78, 5) is 4.53. The minimum atomic E-state index is 0.473. The van der Waals surface area contributed by atoms with Crippen molar-refractivity contribution in [3.8, 4) is 0 Å². The molecule has 1 aromatic heterocycles. The van der Waals surface area contributed by atoms with Gasteiger partial charge in [0.05, 0.1) is 16.8 Å². The number of thiazole rings is 1. The van der Waals surface area contributed by atoms with Crippen LogP contribution in [-0.4, -0.2) is 30.3 Å². The second kappa shape index (κ2) is 6.44. The molecular formula is C12H21N3OS. The van der Waals surface area contributed by atoms with E-state index in [2.05, 4.69) is 22.6 Å². The highest BCUT2D eigenvalue weighted by Gasteiger charge is 2.28. The first-order chi connectivity index (χ1) is 8.31. The molecule has 0 amide bonds. The Labute approximate surface area is 107 Å². The first-order valence-corrected chi connectivity index (χ1v) is 7.18. The van der Waals surface area contributed by atoms with E-state index < -0.39 is 0 Å². The summed E-state index contributed by atoms with van der Waals surface area (Å²) in [5.41, 5.74) is 6.64. The predicted octanol–water partition coefficient (Wildman–Crippen LogP) is 1.30. The lowest BCUT2D eigenvalue weighted by molar-refractivity contribution is -0.0103. The van der Waals surface area contributed by atoms with Crippen LogP contribution in [0.1, 0.15) is 30.5 Å². The third kappa shape index (κ3) is 3.74. The zero-order chi connectivity index (χ0) is 12.1. The second-order valence-electron chi connectivity index (χ2n) is 4.40. The molecule has 1 aromatic rings. The van der Waals surface area contributed by atoms with Crippen LogP contribution in [0.25, 0.3) is 0 Å². The Balaban J connectivity index is 1.65. The van der Waals surface area contributed by atoms with Gasteiger partial charge in [0.15, 0.2) is 0 Å². The molecule has 0 bridgehead atoms. The van der Waals surface area contributed by atoms with Crippen LogP contribution in [-0.2, 0) is 17.7 Å². The summed E-state index contributed by atoms with van der Waals surface area (Å²) in [6, 6.07) is 0.603. The van der Waals surface area contributed by atoms with E-state index >= 15 is 0 Å². The quantitative estimate of drug-likeness (QED) is 0.771. The fraction of sp³-hybridized carbons (Fsp3) is 0.750. The van der Waals surface area contributed by atoms with Gasteiger partial charge in [-0.15, -0.1) is 11.3 Å². The topological polar surface area (TPSA) is 60.2 Å². The number of nitrogens with two attached hydrogens (primary N) is 1. The molecule has 17 heavy (non-hydrogen) atoms. The molecule has 2 rings (SSSR count). The van der Waals surface area contributed by atoms with Crippen LogP contribution in [0.2, 0.25) is 0 Å². The Morgan fingerprint density at radius 2 is 2.41 bits per heavy atom. The number of aromatic nitrogens is 1. The summed E-state index contributed by atoms with van der Waals surface area (Å²) in [6.07, 6.45) is 3.63. The fourth-order valence-electron chi connectivity index (χ4n) is 2.02. The van der Waals surface area contributed by atoms with Gasteiger partial charge in [-0.1, -0.05) is 0 Å². The molecule has 0 atom stereocenters. The van der Waals surface area contributed by atoms with Crippen LogP contribution in [0.15, 0.2) is 5.38 Å². The second-order valence-corrected chi connectivity index (χ2v) is 5.34. The number of nitrogens with zero attached hydrogens (tertiary/aromatic N) is 1. The normalized spacial score (nSPS) is 23.6. The number of rotatable bonds is 7. The molecule has 5 heteroatoms. The van der Waals surface area contributed by atoms with Gasteiger partial charge in [0.1, 0.15) is 0 Å². The highest BCUT2D eigenvalue weighted by Crippen LogP contribution is 2.23. The number of hydrogen-bond acceptors (Lipinski definition) is 5. The average molecular weight is 255 g/mol. The van der Waals surface area contributed by atoms with Crippen LogP contribution in [0.4, 0.5) is 0 Å². The Bertz CT molecular complexity index is 336. The molecular weight excluding hydrogens is 234 g/mol. The standard InChI is InChI=1S/C12H21N3OS/c1-2-16-11-5-9(6-11)14-7-10-8-17-12(15-10)3-4-13/h8-9,11,14H,2-7,13H2,1H3. The van der Waals surface area contributed by atoms with E-state index in [1.165, 1.54) is 0 Å². The molecule has 3 N–H and O–H groups in total. The van der Waals surface area contributed by atoms with Gasteiger partial charge in [0.2, 0.25) is 0 Å². The zero-order valence-electron chi connectivity index (χ0n) is 10.3. The van der Waals surface area contributed by atoms with Crippen molar-refractivity contribution in [2.75, 3.05) is 13.2 Å². The molecule has 0 aromatic carbocycles. The van der Waals surface area contributed by atoms with Gasteiger partial charge in [-0.3, -0.25) is 0 Å². The van der Waals surface area contributed by atoms with E-state index in [-0.39, 0.29) is 0 Å². The van der Waals surface area contributed by atoms with E-state index in [4.69, 9.17) is 10.5 Å². The zero-order valence-corrected chi connectivity index (χ0v) is 11.1. The lowest BCUT2D eigenvalue weighted by Crippen LogP contribution is -2.45. The number of ether oxygens (including phenoxy) is 1. The Kier molecular flexibility index (Phi) is 4.91. The van der Waals surface area contributed by atoms with Crippen molar-refractivity contribution in [2.24, 2.45) is 5.73 Å². The van der Waals surface area contributed by atoms with Crippen molar-refractivity contribution >= 4 is 11.3 Å². The van der Waals surface area contributed by atoms with Crippen molar-refractivity contribution < 1.29 is 4.74 Å². The van der Waals surface area contributed by atoms with E-state index in [1.807, 2.05) is 0 Å². The smallest absolute Gasteiger partial charge is 0.0941 e. The first-order valence-electron chi connectivity index (χ1n) is 6.30. The predicted molar refractivity (Wildman–Crippen MR) is 70.1 cm³/mol. The van der Waals surface area contributed by atoms with E-state index in [0.29, 0.717) is 18.7 Å². The maximum absolute atomic E-state index is 5.53. The summed E-state index contributed by atoms with van der Waals surface area (Å²) in [5.74, 6) is 0. The SMILES string of the molecule is CCOC1CC(NCc2csc(CCN)n2)C1. The molecule has 4 nitrogen and oxygen atoms in total. The average Bonchev–Trinajstić information content (AvgIpc) is 2.70. The highest BCUT2D eigenvalue weighted by atomic mass is 32.1. The Morgan fingerprint density at radius 3 is 3.12 bits per heavy atom. The minimum absolute atomic E-state index is 0.473. The molecule has 96 valence electrons. The molecule has 0 saturated heterocycles. The maximum Gasteiger partial charge on any atom is 0.0941 e. The van der Waals surface area contributed by atoms with Crippen LogP contribution >= 0.6 is 11.3 Å². The highest BCUT2D eigenvalue weighted by molar-refractivity contribution is 7.09. The van der Waals surface area contributed by atoms with Gasteiger partial charge < -0.3 is 15.8 Å². The Hall–Kier alpha value is -0.490. The summed E-state index contributed by atoms with van der Waals surface area (Å²) in [6.45, 7) is 4.42. The monoisotopic (exact) mass is 255 g/mol. The van der Waals surface area contributed by atoms with E-state index in [1.54, 1.807) is 11.3 Å². The lowest BCUT2D eigenvalue weighted by Gasteiger charge is -2.35.